The van der Waals surface area contributed by atoms with E-state index in [2.05, 4.69) is 16.0 Å². The highest BCUT2D eigenvalue weighted by molar-refractivity contribution is 6.34. The van der Waals surface area contributed by atoms with E-state index < -0.39 is 0 Å². The maximum absolute atomic E-state index is 11.5. The Bertz CT molecular complexity index is 435. The number of rotatable bonds is 4. The van der Waals surface area contributed by atoms with E-state index in [0.717, 1.165) is 0 Å². The van der Waals surface area contributed by atoms with E-state index in [1.54, 1.807) is 19.2 Å². The summed E-state index contributed by atoms with van der Waals surface area (Å²) < 4.78 is 0. The molecule has 0 fully saturated rings. The predicted molar refractivity (Wildman–Crippen MR) is 67.4 cm³/mol. The van der Waals surface area contributed by atoms with Crippen molar-refractivity contribution in [2.75, 3.05) is 26.0 Å². The summed E-state index contributed by atoms with van der Waals surface area (Å²) in [6.07, 6.45) is 0. The Morgan fingerprint density at radius 1 is 1.29 bits per heavy atom. The Hall–Kier alpha value is -1.59. The molecule has 0 saturated heterocycles. The lowest BCUT2D eigenvalue weighted by Crippen LogP contribution is -2.25. The number of carbonyl (C=O) groups is 2. The molecule has 0 spiro atoms. The van der Waals surface area contributed by atoms with Crippen LogP contribution in [0.3, 0.4) is 0 Å². The van der Waals surface area contributed by atoms with Crippen molar-refractivity contribution >= 4 is 29.1 Å². The fraction of sp³-hybridized carbons (Fsp3) is 0.273. The maximum atomic E-state index is 11.5. The first-order valence-electron chi connectivity index (χ1n) is 5.04. The van der Waals surface area contributed by atoms with E-state index in [9.17, 15) is 9.59 Å². The largest absolute Gasteiger partial charge is 0.355 e. The lowest BCUT2D eigenvalue weighted by molar-refractivity contribution is -0.115. The molecule has 1 aromatic rings. The van der Waals surface area contributed by atoms with Gasteiger partial charge in [-0.05, 0) is 25.2 Å². The molecule has 0 aromatic heterocycles. The fourth-order valence-electron chi connectivity index (χ4n) is 1.28. The molecule has 0 bridgehead atoms. The first-order valence-corrected chi connectivity index (χ1v) is 5.42. The van der Waals surface area contributed by atoms with E-state index in [4.69, 9.17) is 11.6 Å². The van der Waals surface area contributed by atoms with Gasteiger partial charge < -0.3 is 16.0 Å². The van der Waals surface area contributed by atoms with E-state index in [1.807, 2.05) is 0 Å². The van der Waals surface area contributed by atoms with E-state index >= 15 is 0 Å². The summed E-state index contributed by atoms with van der Waals surface area (Å²) in [4.78, 5) is 22.8. The van der Waals surface area contributed by atoms with Gasteiger partial charge in [0.05, 0.1) is 17.1 Å². The molecule has 92 valence electrons. The monoisotopic (exact) mass is 255 g/mol. The summed E-state index contributed by atoms with van der Waals surface area (Å²) in [6.45, 7) is 0.206. The van der Waals surface area contributed by atoms with Crippen molar-refractivity contribution in [3.05, 3.63) is 28.8 Å². The molecule has 1 rings (SSSR count). The number of benzene rings is 1. The SMILES string of the molecule is CNCC(=O)Nc1ccc(Cl)c(C(=O)NC)c1. The molecule has 0 unspecified atom stereocenters. The van der Waals surface area contributed by atoms with Crippen LogP contribution in [0.2, 0.25) is 5.02 Å². The van der Waals surface area contributed by atoms with Gasteiger partial charge in [0.25, 0.3) is 5.91 Å². The van der Waals surface area contributed by atoms with Gasteiger partial charge in [-0.2, -0.15) is 0 Å². The van der Waals surface area contributed by atoms with Crippen molar-refractivity contribution in [1.82, 2.24) is 10.6 Å². The summed E-state index contributed by atoms with van der Waals surface area (Å²) in [5.74, 6) is -0.475. The first-order chi connectivity index (χ1) is 8.08. The molecule has 0 aliphatic rings. The summed E-state index contributed by atoms with van der Waals surface area (Å²) in [7, 11) is 3.20. The fourth-order valence-corrected chi connectivity index (χ4v) is 1.48. The summed E-state index contributed by atoms with van der Waals surface area (Å²) in [6, 6.07) is 4.75. The number of hydrogen-bond acceptors (Lipinski definition) is 3. The zero-order valence-electron chi connectivity index (χ0n) is 9.63. The Morgan fingerprint density at radius 3 is 2.59 bits per heavy atom. The molecule has 0 aliphatic carbocycles. The average Bonchev–Trinajstić information content (AvgIpc) is 2.31. The molecule has 0 atom stereocenters. The Morgan fingerprint density at radius 2 is 2.00 bits per heavy atom. The molecule has 6 heteroatoms. The van der Waals surface area contributed by atoms with Gasteiger partial charge in [0, 0.05) is 12.7 Å². The van der Waals surface area contributed by atoms with E-state index in [0.29, 0.717) is 16.3 Å². The summed E-state index contributed by atoms with van der Waals surface area (Å²) >= 11 is 5.88. The van der Waals surface area contributed by atoms with Gasteiger partial charge in [0.1, 0.15) is 0 Å². The minimum Gasteiger partial charge on any atom is -0.355 e. The number of hydrogen-bond donors (Lipinski definition) is 3. The van der Waals surface area contributed by atoms with Crippen molar-refractivity contribution in [2.24, 2.45) is 0 Å². The molecule has 1 aromatic carbocycles. The van der Waals surface area contributed by atoms with Gasteiger partial charge in [-0.1, -0.05) is 11.6 Å². The molecule has 0 saturated carbocycles. The highest BCUT2D eigenvalue weighted by atomic mass is 35.5. The second-order valence-electron chi connectivity index (χ2n) is 3.35. The molecule has 0 heterocycles. The highest BCUT2D eigenvalue weighted by Gasteiger charge is 2.10. The number of carbonyl (C=O) groups excluding carboxylic acids is 2. The second kappa shape index (κ2) is 6.22. The smallest absolute Gasteiger partial charge is 0.252 e. The van der Waals surface area contributed by atoms with Crippen molar-refractivity contribution in [1.29, 1.82) is 0 Å². The highest BCUT2D eigenvalue weighted by Crippen LogP contribution is 2.20. The van der Waals surface area contributed by atoms with Gasteiger partial charge in [0.2, 0.25) is 5.91 Å². The van der Waals surface area contributed by atoms with Crippen molar-refractivity contribution in [3.8, 4) is 0 Å². The minimum atomic E-state index is -0.292. The molecule has 0 aliphatic heterocycles. The molecular formula is C11H14ClN3O2. The van der Waals surface area contributed by atoms with E-state index in [1.165, 1.54) is 13.1 Å². The molecule has 3 N–H and O–H groups in total. The Kier molecular flexibility index (Phi) is 4.93. The van der Waals surface area contributed by atoms with Crippen LogP contribution in [0.5, 0.6) is 0 Å². The van der Waals surface area contributed by atoms with Crippen LogP contribution in [0.25, 0.3) is 0 Å². The van der Waals surface area contributed by atoms with Crippen molar-refractivity contribution in [2.45, 2.75) is 0 Å². The number of amides is 2. The third-order valence-electron chi connectivity index (χ3n) is 2.06. The Balaban J connectivity index is 2.89. The van der Waals surface area contributed by atoms with Crippen LogP contribution in [-0.4, -0.2) is 32.5 Å². The average molecular weight is 256 g/mol. The predicted octanol–water partition coefficient (Wildman–Crippen LogP) is 0.857. The van der Waals surface area contributed by atoms with Crippen molar-refractivity contribution in [3.63, 3.8) is 0 Å². The number of nitrogens with one attached hydrogen (secondary N) is 3. The molecule has 5 nitrogen and oxygen atoms in total. The lowest BCUT2D eigenvalue weighted by atomic mass is 10.2. The van der Waals surface area contributed by atoms with Gasteiger partial charge in [-0.25, -0.2) is 0 Å². The van der Waals surface area contributed by atoms with Crippen LogP contribution in [-0.2, 0) is 4.79 Å². The zero-order chi connectivity index (χ0) is 12.8. The number of anilines is 1. The molecule has 0 radical (unpaired) electrons. The standard InChI is InChI=1S/C11H14ClN3O2/c1-13-6-10(16)15-7-3-4-9(12)8(5-7)11(17)14-2/h3-5,13H,6H2,1-2H3,(H,14,17)(H,15,16). The van der Waals surface area contributed by atoms with Crippen molar-refractivity contribution < 1.29 is 9.59 Å². The summed E-state index contributed by atoms with van der Waals surface area (Å²) in [5, 5.41) is 8.20. The first kappa shape index (κ1) is 13.5. The zero-order valence-corrected chi connectivity index (χ0v) is 10.4. The van der Waals surface area contributed by atoms with Crippen LogP contribution in [0.15, 0.2) is 18.2 Å². The number of halogens is 1. The third kappa shape index (κ3) is 3.72. The summed E-state index contributed by atoms with van der Waals surface area (Å²) in [5.41, 5.74) is 0.865. The maximum Gasteiger partial charge on any atom is 0.252 e. The van der Waals surface area contributed by atoms with E-state index in [-0.39, 0.29) is 18.4 Å². The normalized spacial score (nSPS) is 9.82. The number of likely N-dealkylation sites (N-methyl/N-ethyl adjacent to an activating group) is 1. The van der Waals surface area contributed by atoms with Gasteiger partial charge in [0.15, 0.2) is 0 Å². The third-order valence-corrected chi connectivity index (χ3v) is 2.39. The van der Waals surface area contributed by atoms with Crippen LogP contribution >= 0.6 is 11.6 Å². The topological polar surface area (TPSA) is 70.2 Å². The minimum absolute atomic E-state index is 0.183. The van der Waals surface area contributed by atoms with Crippen LogP contribution in [0, 0.1) is 0 Å². The van der Waals surface area contributed by atoms with Crippen LogP contribution in [0.1, 0.15) is 10.4 Å². The lowest BCUT2D eigenvalue weighted by Gasteiger charge is -2.08. The van der Waals surface area contributed by atoms with Crippen LogP contribution < -0.4 is 16.0 Å². The van der Waals surface area contributed by atoms with Gasteiger partial charge in [-0.15, -0.1) is 0 Å². The quantitative estimate of drug-likeness (QED) is 0.747. The van der Waals surface area contributed by atoms with Gasteiger partial charge in [-0.3, -0.25) is 9.59 Å². The molecular weight excluding hydrogens is 242 g/mol. The molecule has 2 amide bonds. The molecule has 17 heavy (non-hydrogen) atoms. The second-order valence-corrected chi connectivity index (χ2v) is 3.76. The van der Waals surface area contributed by atoms with Gasteiger partial charge >= 0.3 is 0 Å². The Labute approximate surface area is 105 Å². The van der Waals surface area contributed by atoms with Crippen LogP contribution in [0.4, 0.5) is 5.69 Å².